The first kappa shape index (κ1) is 14.8. The topological polar surface area (TPSA) is 83.9 Å². The van der Waals surface area contributed by atoms with Gasteiger partial charge < -0.3 is 9.84 Å². The predicted octanol–water partition coefficient (Wildman–Crippen LogP) is 1.24. The van der Waals surface area contributed by atoms with E-state index in [4.69, 9.17) is 9.84 Å². The van der Waals surface area contributed by atoms with E-state index in [1.165, 1.54) is 19.2 Å². The number of nitrogens with zero attached hydrogens (tertiary/aromatic N) is 1. The fourth-order valence-corrected chi connectivity index (χ4v) is 4.16. The zero-order valence-electron chi connectivity index (χ0n) is 11.4. The minimum Gasteiger partial charge on any atom is -0.496 e. The summed E-state index contributed by atoms with van der Waals surface area (Å²) in [5.74, 6) is -0.503. The van der Waals surface area contributed by atoms with Crippen molar-refractivity contribution in [2.75, 3.05) is 13.7 Å². The third-order valence-electron chi connectivity index (χ3n) is 3.46. The van der Waals surface area contributed by atoms with Gasteiger partial charge >= 0.3 is 5.97 Å². The van der Waals surface area contributed by atoms with Crippen molar-refractivity contribution < 1.29 is 23.1 Å². The van der Waals surface area contributed by atoms with Gasteiger partial charge in [-0.15, -0.1) is 0 Å². The number of aliphatic carboxylic acids is 1. The van der Waals surface area contributed by atoms with Gasteiger partial charge in [0.15, 0.2) is 0 Å². The summed E-state index contributed by atoms with van der Waals surface area (Å²) in [5.41, 5.74) is 0.694. The highest BCUT2D eigenvalue weighted by Crippen LogP contribution is 2.28. The first-order valence-electron chi connectivity index (χ1n) is 6.27. The van der Waals surface area contributed by atoms with E-state index in [-0.39, 0.29) is 11.4 Å². The van der Waals surface area contributed by atoms with Gasteiger partial charge in [-0.3, -0.25) is 4.79 Å². The van der Waals surface area contributed by atoms with Crippen LogP contribution >= 0.6 is 0 Å². The van der Waals surface area contributed by atoms with Crippen LogP contribution in [0.2, 0.25) is 0 Å². The molecule has 1 aliphatic rings. The van der Waals surface area contributed by atoms with Crippen LogP contribution in [0.15, 0.2) is 23.1 Å². The quantitative estimate of drug-likeness (QED) is 0.904. The number of methoxy groups -OCH3 is 1. The smallest absolute Gasteiger partial charge is 0.322 e. The van der Waals surface area contributed by atoms with E-state index in [0.29, 0.717) is 24.2 Å². The number of carboxylic acid groups (broad SMARTS) is 1. The number of carbonyl (C=O) groups is 1. The van der Waals surface area contributed by atoms with Crippen LogP contribution in [0.4, 0.5) is 0 Å². The molecule has 2 rings (SSSR count). The molecule has 1 atom stereocenters. The minimum atomic E-state index is -3.78. The van der Waals surface area contributed by atoms with Gasteiger partial charge in [-0.25, -0.2) is 8.42 Å². The number of aryl methyl sites for hydroxylation is 1. The number of benzene rings is 1. The van der Waals surface area contributed by atoms with Crippen LogP contribution in [0.1, 0.15) is 18.4 Å². The Morgan fingerprint density at radius 2 is 2.15 bits per heavy atom. The second-order valence-corrected chi connectivity index (χ2v) is 6.63. The Kier molecular flexibility index (Phi) is 4.01. The standard InChI is InChI=1S/C13H17NO5S/c1-9-8-10(5-6-12(9)19-2)20(17,18)14-7-3-4-11(14)13(15)16/h5-6,8,11H,3-4,7H2,1-2H3,(H,15,16)/t11-/m0/s1. The van der Waals surface area contributed by atoms with Crippen LogP contribution in [-0.2, 0) is 14.8 Å². The fraction of sp³-hybridized carbons (Fsp3) is 0.462. The van der Waals surface area contributed by atoms with Gasteiger partial charge in [-0.1, -0.05) is 0 Å². The first-order valence-corrected chi connectivity index (χ1v) is 7.71. The number of carboxylic acids is 1. The molecular weight excluding hydrogens is 282 g/mol. The summed E-state index contributed by atoms with van der Waals surface area (Å²) in [7, 11) is -2.27. The highest BCUT2D eigenvalue weighted by molar-refractivity contribution is 7.89. The molecule has 110 valence electrons. The molecule has 1 aromatic rings. The maximum atomic E-state index is 12.5. The molecule has 0 aliphatic carbocycles. The zero-order valence-corrected chi connectivity index (χ0v) is 12.2. The lowest BCUT2D eigenvalue weighted by Crippen LogP contribution is -2.40. The minimum absolute atomic E-state index is 0.101. The second-order valence-electron chi connectivity index (χ2n) is 4.74. The fourth-order valence-electron chi connectivity index (χ4n) is 2.42. The maximum Gasteiger partial charge on any atom is 0.322 e. The van der Waals surface area contributed by atoms with Gasteiger partial charge in [0.05, 0.1) is 12.0 Å². The predicted molar refractivity (Wildman–Crippen MR) is 72.3 cm³/mol. The molecular formula is C13H17NO5S. The third kappa shape index (κ3) is 2.51. The molecule has 6 nitrogen and oxygen atoms in total. The molecule has 1 saturated heterocycles. The molecule has 0 bridgehead atoms. The molecule has 20 heavy (non-hydrogen) atoms. The molecule has 0 saturated carbocycles. The van der Waals surface area contributed by atoms with Gasteiger partial charge in [0, 0.05) is 6.54 Å². The Hall–Kier alpha value is -1.60. The molecule has 0 radical (unpaired) electrons. The highest BCUT2D eigenvalue weighted by Gasteiger charge is 2.39. The Morgan fingerprint density at radius 3 is 2.70 bits per heavy atom. The summed E-state index contributed by atoms with van der Waals surface area (Å²) < 4.78 is 31.2. The van der Waals surface area contributed by atoms with Crippen molar-refractivity contribution in [3.63, 3.8) is 0 Å². The molecule has 1 N–H and O–H groups in total. The lowest BCUT2D eigenvalue weighted by Gasteiger charge is -2.21. The summed E-state index contributed by atoms with van der Waals surface area (Å²) in [6.07, 6.45) is 0.912. The summed E-state index contributed by atoms with van der Waals surface area (Å²) in [6.45, 7) is 1.99. The SMILES string of the molecule is COc1ccc(S(=O)(=O)N2CCC[C@H]2C(=O)O)cc1C. The van der Waals surface area contributed by atoms with Crippen molar-refractivity contribution in [3.8, 4) is 5.75 Å². The lowest BCUT2D eigenvalue weighted by molar-refractivity contribution is -0.140. The summed E-state index contributed by atoms with van der Waals surface area (Å²) in [4.78, 5) is 11.2. The Morgan fingerprint density at radius 1 is 1.45 bits per heavy atom. The van der Waals surface area contributed by atoms with E-state index in [9.17, 15) is 13.2 Å². The van der Waals surface area contributed by atoms with Gasteiger partial charge in [0.2, 0.25) is 10.0 Å². The van der Waals surface area contributed by atoms with Crippen molar-refractivity contribution >= 4 is 16.0 Å². The van der Waals surface area contributed by atoms with Crippen molar-refractivity contribution in [1.82, 2.24) is 4.31 Å². The molecule has 1 aromatic carbocycles. The monoisotopic (exact) mass is 299 g/mol. The van der Waals surface area contributed by atoms with Crippen LogP contribution < -0.4 is 4.74 Å². The third-order valence-corrected chi connectivity index (χ3v) is 5.37. The molecule has 0 spiro atoms. The largest absolute Gasteiger partial charge is 0.496 e. The van der Waals surface area contributed by atoms with E-state index in [2.05, 4.69) is 0 Å². The van der Waals surface area contributed by atoms with Crippen LogP contribution in [0, 0.1) is 6.92 Å². The van der Waals surface area contributed by atoms with Gasteiger partial charge in [0.1, 0.15) is 11.8 Å². The molecule has 7 heteroatoms. The van der Waals surface area contributed by atoms with E-state index in [1.807, 2.05) is 0 Å². The van der Waals surface area contributed by atoms with Crippen LogP contribution in [0.25, 0.3) is 0 Å². The summed E-state index contributed by atoms with van der Waals surface area (Å²) in [6, 6.07) is 3.56. The number of ether oxygens (including phenoxy) is 1. The number of sulfonamides is 1. The molecule has 0 amide bonds. The Balaban J connectivity index is 2.40. The van der Waals surface area contributed by atoms with Crippen molar-refractivity contribution in [2.45, 2.75) is 30.7 Å². The number of hydrogen-bond donors (Lipinski definition) is 1. The molecule has 1 heterocycles. The van der Waals surface area contributed by atoms with Crippen LogP contribution in [0.3, 0.4) is 0 Å². The highest BCUT2D eigenvalue weighted by atomic mass is 32.2. The summed E-state index contributed by atoms with van der Waals surface area (Å²) >= 11 is 0. The van der Waals surface area contributed by atoms with Crippen molar-refractivity contribution in [3.05, 3.63) is 23.8 Å². The van der Waals surface area contributed by atoms with Crippen LogP contribution in [0.5, 0.6) is 5.75 Å². The van der Waals surface area contributed by atoms with E-state index in [1.54, 1.807) is 13.0 Å². The molecule has 0 aromatic heterocycles. The lowest BCUT2D eigenvalue weighted by atomic mass is 10.2. The van der Waals surface area contributed by atoms with E-state index >= 15 is 0 Å². The molecule has 1 aliphatic heterocycles. The van der Waals surface area contributed by atoms with Gasteiger partial charge in [-0.2, -0.15) is 4.31 Å². The Bertz CT molecular complexity index is 626. The van der Waals surface area contributed by atoms with Gasteiger partial charge in [0.25, 0.3) is 0 Å². The van der Waals surface area contributed by atoms with Gasteiger partial charge in [-0.05, 0) is 43.5 Å². The molecule has 0 unspecified atom stereocenters. The number of hydrogen-bond acceptors (Lipinski definition) is 4. The average molecular weight is 299 g/mol. The Labute approximate surface area is 118 Å². The second kappa shape index (κ2) is 5.41. The van der Waals surface area contributed by atoms with Crippen molar-refractivity contribution in [2.24, 2.45) is 0 Å². The van der Waals surface area contributed by atoms with E-state index in [0.717, 1.165) is 4.31 Å². The van der Waals surface area contributed by atoms with E-state index < -0.39 is 22.0 Å². The van der Waals surface area contributed by atoms with Crippen LogP contribution in [-0.4, -0.2) is 43.5 Å². The van der Waals surface area contributed by atoms with Crippen molar-refractivity contribution in [1.29, 1.82) is 0 Å². The summed E-state index contributed by atoms with van der Waals surface area (Å²) in [5, 5.41) is 9.10. The molecule has 1 fully saturated rings. The zero-order chi connectivity index (χ0) is 14.9. The first-order chi connectivity index (χ1) is 9.37. The normalized spacial score (nSPS) is 20.0. The maximum absolute atomic E-state index is 12.5. The number of rotatable bonds is 4. The average Bonchev–Trinajstić information content (AvgIpc) is 2.88.